The molecule has 2 atom stereocenters. The molecule has 0 bridgehead atoms. The van der Waals surface area contributed by atoms with Crippen molar-refractivity contribution >= 4 is 5.97 Å². The number of hydrogen-bond donors (Lipinski definition) is 1. The number of hydrogen-bond acceptors (Lipinski definition) is 3. The van der Waals surface area contributed by atoms with Crippen LogP contribution in [0.4, 0.5) is 0 Å². The van der Waals surface area contributed by atoms with Crippen LogP contribution in [0, 0.1) is 5.92 Å². The molecule has 0 saturated heterocycles. The molecule has 17 heavy (non-hydrogen) atoms. The predicted octanol–water partition coefficient (Wildman–Crippen LogP) is 1.99. The lowest BCUT2D eigenvalue weighted by molar-refractivity contribution is -0.137. The van der Waals surface area contributed by atoms with Gasteiger partial charge in [-0.05, 0) is 39.0 Å². The third-order valence-corrected chi connectivity index (χ3v) is 3.72. The van der Waals surface area contributed by atoms with Crippen LogP contribution in [0.1, 0.15) is 39.5 Å². The Bertz CT molecular complexity index is 241. The highest BCUT2D eigenvalue weighted by Crippen LogP contribution is 2.36. The summed E-state index contributed by atoms with van der Waals surface area (Å²) in [5, 5.41) is 8.74. The molecule has 0 spiro atoms. The molecule has 1 N–H and O–H groups in total. The number of methoxy groups -OCH3 is 1. The Morgan fingerprint density at radius 1 is 1.47 bits per heavy atom. The zero-order valence-corrected chi connectivity index (χ0v) is 11.2. The van der Waals surface area contributed by atoms with E-state index in [1.165, 1.54) is 12.8 Å². The van der Waals surface area contributed by atoms with Gasteiger partial charge < -0.3 is 9.84 Å². The fourth-order valence-corrected chi connectivity index (χ4v) is 2.37. The molecule has 1 fully saturated rings. The Balaban J connectivity index is 2.44. The van der Waals surface area contributed by atoms with Crippen molar-refractivity contribution in [2.45, 2.75) is 51.6 Å². The second-order valence-electron chi connectivity index (χ2n) is 5.09. The van der Waals surface area contributed by atoms with Gasteiger partial charge in [0.2, 0.25) is 0 Å². The molecule has 0 aromatic rings. The minimum Gasteiger partial charge on any atom is -0.481 e. The van der Waals surface area contributed by atoms with Gasteiger partial charge >= 0.3 is 5.97 Å². The summed E-state index contributed by atoms with van der Waals surface area (Å²) < 4.78 is 5.14. The van der Waals surface area contributed by atoms with Crippen molar-refractivity contribution in [1.82, 2.24) is 4.90 Å². The van der Waals surface area contributed by atoms with E-state index in [0.717, 1.165) is 18.9 Å². The number of nitrogens with zero attached hydrogens (tertiary/aromatic N) is 1. The van der Waals surface area contributed by atoms with Crippen molar-refractivity contribution in [1.29, 1.82) is 0 Å². The normalized spacial score (nSPS) is 19.3. The van der Waals surface area contributed by atoms with Crippen molar-refractivity contribution in [3.8, 4) is 0 Å². The van der Waals surface area contributed by atoms with Crippen molar-refractivity contribution in [2.24, 2.45) is 5.92 Å². The van der Waals surface area contributed by atoms with E-state index < -0.39 is 5.97 Å². The van der Waals surface area contributed by atoms with E-state index in [1.807, 2.05) is 0 Å². The summed E-state index contributed by atoms with van der Waals surface area (Å²) in [5.41, 5.74) is 0. The van der Waals surface area contributed by atoms with E-state index in [0.29, 0.717) is 18.7 Å². The maximum absolute atomic E-state index is 10.6. The van der Waals surface area contributed by atoms with Gasteiger partial charge in [0.15, 0.2) is 0 Å². The molecular formula is C13H25NO3. The van der Waals surface area contributed by atoms with Crippen LogP contribution in [0.5, 0.6) is 0 Å². The van der Waals surface area contributed by atoms with Gasteiger partial charge in [0.25, 0.3) is 0 Å². The molecule has 0 radical (unpaired) electrons. The van der Waals surface area contributed by atoms with Crippen LogP contribution < -0.4 is 0 Å². The molecule has 1 aliphatic carbocycles. The third kappa shape index (κ3) is 5.04. The van der Waals surface area contributed by atoms with Crippen molar-refractivity contribution in [3.05, 3.63) is 0 Å². The van der Waals surface area contributed by atoms with Crippen LogP contribution in [0.3, 0.4) is 0 Å². The van der Waals surface area contributed by atoms with Gasteiger partial charge in [0.05, 0.1) is 6.61 Å². The monoisotopic (exact) mass is 243 g/mol. The standard InChI is InChI=1S/C13H25NO3/c1-10(4-7-13(15)16)14(8-9-17-3)11(2)12-5-6-12/h10-12H,4-9H2,1-3H3,(H,15,16). The van der Waals surface area contributed by atoms with Gasteiger partial charge in [-0.3, -0.25) is 9.69 Å². The van der Waals surface area contributed by atoms with E-state index in [-0.39, 0.29) is 6.42 Å². The molecule has 1 rings (SSSR count). The summed E-state index contributed by atoms with van der Waals surface area (Å²) in [7, 11) is 1.71. The number of aliphatic carboxylic acids is 1. The highest BCUT2D eigenvalue weighted by molar-refractivity contribution is 5.66. The van der Waals surface area contributed by atoms with Gasteiger partial charge in [-0.2, -0.15) is 0 Å². The zero-order chi connectivity index (χ0) is 12.8. The Hall–Kier alpha value is -0.610. The SMILES string of the molecule is COCCN(C(C)CCC(=O)O)C(C)C1CC1. The van der Waals surface area contributed by atoms with Gasteiger partial charge in [0.1, 0.15) is 0 Å². The molecule has 0 amide bonds. The zero-order valence-electron chi connectivity index (χ0n) is 11.2. The van der Waals surface area contributed by atoms with Gasteiger partial charge in [-0.1, -0.05) is 0 Å². The van der Waals surface area contributed by atoms with Crippen LogP contribution >= 0.6 is 0 Å². The molecule has 0 aromatic heterocycles. The first-order valence-corrected chi connectivity index (χ1v) is 6.52. The third-order valence-electron chi connectivity index (χ3n) is 3.72. The fourth-order valence-electron chi connectivity index (χ4n) is 2.37. The number of carboxylic acids is 1. The smallest absolute Gasteiger partial charge is 0.303 e. The molecule has 2 unspecified atom stereocenters. The van der Waals surface area contributed by atoms with Crippen molar-refractivity contribution < 1.29 is 14.6 Å². The number of carboxylic acid groups (broad SMARTS) is 1. The van der Waals surface area contributed by atoms with Crippen LogP contribution in [-0.4, -0.2) is 48.3 Å². The van der Waals surface area contributed by atoms with Gasteiger partial charge in [-0.15, -0.1) is 0 Å². The van der Waals surface area contributed by atoms with Gasteiger partial charge in [0, 0.05) is 32.2 Å². The lowest BCUT2D eigenvalue weighted by Crippen LogP contribution is -2.43. The second-order valence-corrected chi connectivity index (χ2v) is 5.09. The number of rotatable bonds is 9. The van der Waals surface area contributed by atoms with E-state index in [2.05, 4.69) is 18.7 Å². The summed E-state index contributed by atoms with van der Waals surface area (Å²) in [6.45, 7) is 5.99. The Labute approximate surface area is 104 Å². The van der Waals surface area contributed by atoms with Crippen LogP contribution in [-0.2, 0) is 9.53 Å². The Kier molecular flexibility index (Phi) is 5.92. The molecule has 100 valence electrons. The minimum absolute atomic E-state index is 0.252. The van der Waals surface area contributed by atoms with E-state index >= 15 is 0 Å². The molecule has 4 nitrogen and oxygen atoms in total. The number of ether oxygens (including phenoxy) is 1. The Morgan fingerprint density at radius 3 is 2.59 bits per heavy atom. The molecule has 1 aliphatic rings. The average molecular weight is 243 g/mol. The van der Waals surface area contributed by atoms with Gasteiger partial charge in [-0.25, -0.2) is 0 Å². The molecule has 4 heteroatoms. The first-order chi connectivity index (χ1) is 8.06. The minimum atomic E-state index is -0.706. The number of carbonyl (C=O) groups is 1. The summed E-state index contributed by atoms with van der Waals surface area (Å²) >= 11 is 0. The van der Waals surface area contributed by atoms with Crippen LogP contribution in [0.25, 0.3) is 0 Å². The quantitative estimate of drug-likeness (QED) is 0.673. The maximum Gasteiger partial charge on any atom is 0.303 e. The Morgan fingerprint density at radius 2 is 2.12 bits per heavy atom. The highest BCUT2D eigenvalue weighted by Gasteiger charge is 2.33. The lowest BCUT2D eigenvalue weighted by atomic mass is 10.1. The molecular weight excluding hydrogens is 218 g/mol. The first-order valence-electron chi connectivity index (χ1n) is 6.52. The first kappa shape index (κ1) is 14.5. The highest BCUT2D eigenvalue weighted by atomic mass is 16.5. The summed E-state index contributed by atoms with van der Waals surface area (Å²) in [5.74, 6) is 0.0988. The van der Waals surface area contributed by atoms with Crippen LogP contribution in [0.2, 0.25) is 0 Å². The lowest BCUT2D eigenvalue weighted by Gasteiger charge is -2.34. The molecule has 0 aliphatic heterocycles. The molecule has 1 saturated carbocycles. The van der Waals surface area contributed by atoms with Crippen molar-refractivity contribution in [2.75, 3.05) is 20.3 Å². The molecule has 0 heterocycles. The largest absolute Gasteiger partial charge is 0.481 e. The van der Waals surface area contributed by atoms with E-state index in [4.69, 9.17) is 9.84 Å². The van der Waals surface area contributed by atoms with E-state index in [1.54, 1.807) is 7.11 Å². The average Bonchev–Trinajstić information content (AvgIpc) is 3.10. The maximum atomic E-state index is 10.6. The van der Waals surface area contributed by atoms with E-state index in [9.17, 15) is 4.79 Å². The second kappa shape index (κ2) is 6.97. The molecule has 0 aromatic carbocycles. The summed E-state index contributed by atoms with van der Waals surface area (Å²) in [6, 6.07) is 0.866. The van der Waals surface area contributed by atoms with Crippen LogP contribution in [0.15, 0.2) is 0 Å². The fraction of sp³-hybridized carbons (Fsp3) is 0.923. The summed E-state index contributed by atoms with van der Waals surface area (Å²) in [4.78, 5) is 13.0. The predicted molar refractivity (Wildman–Crippen MR) is 67.1 cm³/mol. The van der Waals surface area contributed by atoms with Crippen molar-refractivity contribution in [3.63, 3.8) is 0 Å². The summed E-state index contributed by atoms with van der Waals surface area (Å²) in [6.07, 6.45) is 3.60. The topological polar surface area (TPSA) is 49.8 Å².